The second-order valence-electron chi connectivity index (χ2n) is 3.23. The predicted molar refractivity (Wildman–Crippen MR) is 60.8 cm³/mol. The van der Waals surface area contributed by atoms with Gasteiger partial charge in [0.15, 0.2) is 5.78 Å². The van der Waals surface area contributed by atoms with Crippen LogP contribution >= 0.6 is 22.6 Å². The van der Waals surface area contributed by atoms with Gasteiger partial charge in [-0.15, -0.1) is 0 Å². The van der Waals surface area contributed by atoms with Crippen molar-refractivity contribution in [2.24, 2.45) is 0 Å². The van der Waals surface area contributed by atoms with E-state index in [9.17, 15) is 26.7 Å². The van der Waals surface area contributed by atoms with E-state index in [4.69, 9.17) is 0 Å². The van der Waals surface area contributed by atoms with Crippen molar-refractivity contribution in [3.05, 3.63) is 26.8 Å². The third-order valence-electron chi connectivity index (χ3n) is 1.97. The van der Waals surface area contributed by atoms with Crippen LogP contribution in [0.3, 0.4) is 0 Å². The normalized spacial score (nSPS) is 11.8. The molecule has 2 nitrogen and oxygen atoms in total. The minimum Gasteiger partial charge on any atom is -0.433 e. The number of rotatable bonds is 3. The highest BCUT2D eigenvalue weighted by Gasteiger charge is 2.37. The monoisotopic (exact) mass is 380 g/mol. The molecule has 0 fully saturated rings. The Balaban J connectivity index is 3.54. The van der Waals surface area contributed by atoms with Crippen LogP contribution in [0.5, 0.6) is 5.75 Å². The van der Waals surface area contributed by atoms with Crippen LogP contribution in [0.25, 0.3) is 0 Å². The third kappa shape index (κ3) is 3.30. The number of alkyl halides is 5. The molecule has 0 spiro atoms. The minimum absolute atomic E-state index is 0.115. The third-order valence-corrected chi connectivity index (χ3v) is 2.87. The lowest BCUT2D eigenvalue weighted by Gasteiger charge is -2.17. The zero-order valence-electron chi connectivity index (χ0n) is 8.82. The number of ketones is 1. The molecular weight excluding hydrogens is 374 g/mol. The summed E-state index contributed by atoms with van der Waals surface area (Å²) in [6.07, 6.45) is -4.88. The number of ether oxygens (including phenoxy) is 1. The Kier molecular flexibility index (Phi) is 4.51. The van der Waals surface area contributed by atoms with Crippen molar-refractivity contribution >= 4 is 28.4 Å². The number of benzene rings is 1. The lowest BCUT2D eigenvalue weighted by molar-refractivity contribution is -0.141. The van der Waals surface area contributed by atoms with Crippen molar-refractivity contribution in [1.29, 1.82) is 0 Å². The maximum Gasteiger partial charge on any atom is 0.419 e. The van der Waals surface area contributed by atoms with Crippen LogP contribution in [0.2, 0.25) is 0 Å². The molecular formula is C10H6F5IO2. The van der Waals surface area contributed by atoms with Crippen molar-refractivity contribution < 1.29 is 31.5 Å². The zero-order valence-corrected chi connectivity index (χ0v) is 11.0. The first-order chi connectivity index (χ1) is 8.14. The molecule has 0 saturated heterocycles. The Morgan fingerprint density at radius 1 is 1.33 bits per heavy atom. The summed E-state index contributed by atoms with van der Waals surface area (Å²) in [6, 6.07) is 1.63. The number of halogens is 6. The fourth-order valence-electron chi connectivity index (χ4n) is 1.32. The average molecular weight is 380 g/mol. The van der Waals surface area contributed by atoms with Gasteiger partial charge in [0.05, 0.1) is 11.1 Å². The van der Waals surface area contributed by atoms with Gasteiger partial charge in [-0.3, -0.25) is 4.79 Å². The maximum atomic E-state index is 12.6. The Morgan fingerprint density at radius 2 is 1.89 bits per heavy atom. The van der Waals surface area contributed by atoms with Gasteiger partial charge in [-0.2, -0.15) is 22.0 Å². The van der Waals surface area contributed by atoms with Gasteiger partial charge in [0.2, 0.25) is 0 Å². The molecule has 1 aromatic carbocycles. The molecule has 0 aliphatic rings. The summed E-state index contributed by atoms with van der Waals surface area (Å²) in [4.78, 5) is 11.3. The molecule has 0 bridgehead atoms. The first kappa shape index (κ1) is 15.1. The second kappa shape index (κ2) is 5.37. The van der Waals surface area contributed by atoms with Gasteiger partial charge in [-0.05, 0) is 41.6 Å². The van der Waals surface area contributed by atoms with Gasteiger partial charge in [-0.25, -0.2) is 0 Å². The number of carbonyl (C=O) groups is 1. The molecule has 100 valence electrons. The molecule has 0 saturated carbocycles. The van der Waals surface area contributed by atoms with Gasteiger partial charge in [0, 0.05) is 3.57 Å². The highest BCUT2D eigenvalue weighted by atomic mass is 127. The number of carbonyl (C=O) groups excluding carboxylic acids is 1. The number of hydrogen-bond donors (Lipinski definition) is 0. The van der Waals surface area contributed by atoms with Crippen LogP contribution in [0.15, 0.2) is 12.1 Å². The van der Waals surface area contributed by atoms with Crippen LogP contribution in [0, 0.1) is 3.57 Å². The Labute approximate surface area is 112 Å². The van der Waals surface area contributed by atoms with E-state index >= 15 is 0 Å². The van der Waals surface area contributed by atoms with E-state index in [-0.39, 0.29) is 3.57 Å². The molecule has 0 unspecified atom stereocenters. The summed E-state index contributed by atoms with van der Waals surface area (Å²) in [5.74, 6) is -1.90. The molecule has 0 heterocycles. The molecule has 1 rings (SSSR count). The summed E-state index contributed by atoms with van der Waals surface area (Å²) in [5, 5.41) is 0. The van der Waals surface area contributed by atoms with E-state index in [0.717, 1.165) is 13.0 Å². The van der Waals surface area contributed by atoms with Crippen molar-refractivity contribution in [1.82, 2.24) is 0 Å². The van der Waals surface area contributed by atoms with E-state index in [1.165, 1.54) is 0 Å². The van der Waals surface area contributed by atoms with Crippen LogP contribution in [-0.4, -0.2) is 12.4 Å². The van der Waals surface area contributed by atoms with E-state index in [2.05, 4.69) is 4.74 Å². The molecule has 1 aromatic rings. The highest BCUT2D eigenvalue weighted by Crippen LogP contribution is 2.40. The molecule has 0 aliphatic heterocycles. The van der Waals surface area contributed by atoms with E-state index < -0.39 is 35.4 Å². The van der Waals surface area contributed by atoms with Crippen LogP contribution < -0.4 is 4.74 Å². The molecule has 0 aliphatic carbocycles. The SMILES string of the molecule is CC(=O)c1c(I)ccc(C(F)(F)F)c1OC(F)F. The molecule has 18 heavy (non-hydrogen) atoms. The van der Waals surface area contributed by atoms with Gasteiger partial charge < -0.3 is 4.74 Å². The fourth-order valence-corrected chi connectivity index (χ4v) is 2.13. The van der Waals surface area contributed by atoms with Gasteiger partial charge >= 0.3 is 12.8 Å². The first-order valence-corrected chi connectivity index (χ1v) is 5.58. The Bertz CT molecular complexity index is 470. The number of Topliss-reactive ketones (excluding diaryl/α,β-unsaturated/α-hetero) is 1. The summed E-state index contributed by atoms with van der Waals surface area (Å²) in [5.41, 5.74) is -1.89. The quantitative estimate of drug-likeness (QED) is 0.448. The molecule has 0 amide bonds. The summed E-state index contributed by atoms with van der Waals surface area (Å²) < 4.78 is 66.2. The lowest BCUT2D eigenvalue weighted by Crippen LogP contribution is -2.15. The van der Waals surface area contributed by atoms with Gasteiger partial charge in [0.25, 0.3) is 0 Å². The standard InChI is InChI=1S/C10H6F5IO2/c1-4(17)7-6(16)3-2-5(10(13,14)15)8(7)18-9(11)12/h2-3,9H,1H3. The van der Waals surface area contributed by atoms with Gasteiger partial charge in [-0.1, -0.05) is 0 Å². The molecule has 8 heteroatoms. The van der Waals surface area contributed by atoms with E-state index in [1.807, 2.05) is 0 Å². The highest BCUT2D eigenvalue weighted by molar-refractivity contribution is 14.1. The molecule has 0 radical (unpaired) electrons. The topological polar surface area (TPSA) is 26.3 Å². The van der Waals surface area contributed by atoms with Crippen LogP contribution in [0.1, 0.15) is 22.8 Å². The fraction of sp³-hybridized carbons (Fsp3) is 0.300. The average Bonchev–Trinajstić information content (AvgIpc) is 2.13. The van der Waals surface area contributed by atoms with Crippen molar-refractivity contribution in [3.8, 4) is 5.75 Å². The molecule has 0 atom stereocenters. The zero-order chi connectivity index (χ0) is 14.1. The Hall–Kier alpha value is -0.930. The maximum absolute atomic E-state index is 12.6. The minimum atomic E-state index is -4.88. The largest absolute Gasteiger partial charge is 0.433 e. The number of hydrogen-bond acceptors (Lipinski definition) is 2. The summed E-state index contributed by atoms with van der Waals surface area (Å²) in [6.45, 7) is -2.46. The summed E-state index contributed by atoms with van der Waals surface area (Å²) >= 11 is 1.58. The summed E-state index contributed by atoms with van der Waals surface area (Å²) in [7, 11) is 0. The van der Waals surface area contributed by atoms with Crippen LogP contribution in [0.4, 0.5) is 22.0 Å². The lowest BCUT2D eigenvalue weighted by atomic mass is 10.1. The van der Waals surface area contributed by atoms with Crippen molar-refractivity contribution in [2.75, 3.05) is 0 Å². The van der Waals surface area contributed by atoms with E-state index in [1.54, 1.807) is 22.6 Å². The van der Waals surface area contributed by atoms with Gasteiger partial charge in [0.1, 0.15) is 5.75 Å². The van der Waals surface area contributed by atoms with E-state index in [0.29, 0.717) is 6.07 Å². The molecule has 0 N–H and O–H groups in total. The van der Waals surface area contributed by atoms with Crippen LogP contribution in [-0.2, 0) is 6.18 Å². The first-order valence-electron chi connectivity index (χ1n) is 4.50. The van der Waals surface area contributed by atoms with Crippen molar-refractivity contribution in [2.45, 2.75) is 19.7 Å². The van der Waals surface area contributed by atoms with Crippen molar-refractivity contribution in [3.63, 3.8) is 0 Å². The Morgan fingerprint density at radius 3 is 2.28 bits per heavy atom. The smallest absolute Gasteiger partial charge is 0.419 e. The molecule has 0 aromatic heterocycles. The predicted octanol–water partition coefficient (Wildman–Crippen LogP) is 4.11. The second-order valence-corrected chi connectivity index (χ2v) is 4.39.